The molecule has 2 rings (SSSR count). The van der Waals surface area contributed by atoms with Gasteiger partial charge in [-0.1, -0.05) is 12.1 Å². The topological polar surface area (TPSA) is 81.5 Å². The van der Waals surface area contributed by atoms with E-state index < -0.39 is 11.0 Å². The summed E-state index contributed by atoms with van der Waals surface area (Å²) in [5.74, 6) is 0.428. The molecule has 0 unspecified atom stereocenters. The smallest absolute Gasteiger partial charge is 0.410 e. The minimum atomic E-state index is -0.513. The number of carbonyl (C=O) groups excluding carboxylic acids is 1. The second-order valence-electron chi connectivity index (χ2n) is 6.09. The molecule has 0 saturated heterocycles. The molecule has 0 radical (unpaired) electrons. The van der Waals surface area contributed by atoms with E-state index in [2.05, 4.69) is 5.32 Å². The van der Waals surface area contributed by atoms with Gasteiger partial charge in [-0.05, 0) is 56.2 Å². The van der Waals surface area contributed by atoms with E-state index >= 15 is 0 Å². The molecule has 6 nitrogen and oxygen atoms in total. The van der Waals surface area contributed by atoms with Crippen molar-refractivity contribution in [2.75, 3.05) is 0 Å². The van der Waals surface area contributed by atoms with Crippen LogP contribution in [0.5, 0.6) is 5.75 Å². The highest BCUT2D eigenvalue weighted by Crippen LogP contribution is 2.24. The molecule has 120 valence electrons. The molecule has 0 fully saturated rings. The first kappa shape index (κ1) is 16.5. The van der Waals surface area contributed by atoms with Gasteiger partial charge in [-0.25, -0.2) is 4.79 Å². The molecular formula is C17H18N2O4. The number of amides is 1. The molecule has 1 amide bonds. The molecule has 2 aromatic rings. The van der Waals surface area contributed by atoms with Crippen molar-refractivity contribution < 1.29 is 14.5 Å². The number of nitro benzene ring substituents is 1. The Balaban J connectivity index is 2.07. The number of nitrogens with one attached hydrogen (secondary N) is 1. The van der Waals surface area contributed by atoms with E-state index in [1.165, 1.54) is 12.1 Å². The highest BCUT2D eigenvalue weighted by atomic mass is 16.6. The summed E-state index contributed by atoms with van der Waals surface area (Å²) in [6, 6.07) is 13.2. The first-order valence-corrected chi connectivity index (χ1v) is 7.09. The Morgan fingerprint density at radius 1 is 1.00 bits per heavy atom. The summed E-state index contributed by atoms with van der Waals surface area (Å²) in [6.07, 6.45) is -0.513. The predicted molar refractivity (Wildman–Crippen MR) is 87.4 cm³/mol. The zero-order valence-electron chi connectivity index (χ0n) is 13.2. The van der Waals surface area contributed by atoms with Crippen molar-refractivity contribution in [3.05, 3.63) is 58.6 Å². The number of rotatable bonds is 3. The summed E-state index contributed by atoms with van der Waals surface area (Å²) < 4.78 is 5.19. The number of hydrogen-bond donors (Lipinski definition) is 1. The van der Waals surface area contributed by atoms with Crippen LogP contribution in [0.3, 0.4) is 0 Å². The average molecular weight is 314 g/mol. The Kier molecular flexibility index (Phi) is 4.64. The van der Waals surface area contributed by atoms with Crippen LogP contribution < -0.4 is 10.1 Å². The van der Waals surface area contributed by atoms with Crippen molar-refractivity contribution in [1.82, 2.24) is 5.32 Å². The van der Waals surface area contributed by atoms with Gasteiger partial charge in [0.15, 0.2) is 0 Å². The molecule has 2 aromatic carbocycles. The molecule has 0 aliphatic rings. The molecule has 0 bridgehead atoms. The van der Waals surface area contributed by atoms with E-state index in [1.54, 1.807) is 36.4 Å². The normalized spacial score (nSPS) is 10.9. The Morgan fingerprint density at radius 3 is 1.91 bits per heavy atom. The van der Waals surface area contributed by atoms with Crippen LogP contribution in [0.4, 0.5) is 10.5 Å². The van der Waals surface area contributed by atoms with E-state index in [9.17, 15) is 14.9 Å². The van der Waals surface area contributed by atoms with E-state index in [0.717, 1.165) is 11.1 Å². The third-order valence-electron chi connectivity index (χ3n) is 2.95. The molecule has 0 saturated carbocycles. The number of benzene rings is 2. The lowest BCUT2D eigenvalue weighted by molar-refractivity contribution is -0.384. The Labute approximate surface area is 134 Å². The number of carbonyl (C=O) groups is 1. The van der Waals surface area contributed by atoms with Crippen molar-refractivity contribution in [2.45, 2.75) is 26.3 Å². The molecule has 0 aliphatic heterocycles. The van der Waals surface area contributed by atoms with Crippen molar-refractivity contribution in [2.24, 2.45) is 0 Å². The Bertz CT molecular complexity index is 701. The fourth-order valence-electron chi connectivity index (χ4n) is 1.93. The van der Waals surface area contributed by atoms with Crippen molar-refractivity contribution in [3.8, 4) is 16.9 Å². The van der Waals surface area contributed by atoms with Gasteiger partial charge >= 0.3 is 6.09 Å². The fraction of sp³-hybridized carbons (Fsp3) is 0.235. The van der Waals surface area contributed by atoms with Crippen LogP contribution >= 0.6 is 0 Å². The Hall–Kier alpha value is -2.89. The lowest BCUT2D eigenvalue weighted by Crippen LogP contribution is -2.42. The van der Waals surface area contributed by atoms with Crippen LogP contribution in [-0.2, 0) is 0 Å². The maximum Gasteiger partial charge on any atom is 0.413 e. The fourth-order valence-corrected chi connectivity index (χ4v) is 1.93. The maximum absolute atomic E-state index is 11.7. The van der Waals surface area contributed by atoms with Crippen LogP contribution in [0.1, 0.15) is 20.8 Å². The van der Waals surface area contributed by atoms with Gasteiger partial charge in [-0.2, -0.15) is 0 Å². The summed E-state index contributed by atoms with van der Waals surface area (Å²) >= 11 is 0. The first-order valence-electron chi connectivity index (χ1n) is 7.09. The second kappa shape index (κ2) is 6.48. The lowest BCUT2D eigenvalue weighted by Gasteiger charge is -2.19. The van der Waals surface area contributed by atoms with Crippen LogP contribution in [0.2, 0.25) is 0 Å². The second-order valence-corrected chi connectivity index (χ2v) is 6.09. The number of nitro groups is 1. The molecule has 0 aliphatic carbocycles. The monoisotopic (exact) mass is 314 g/mol. The van der Waals surface area contributed by atoms with E-state index in [1.807, 2.05) is 20.8 Å². The molecule has 0 heterocycles. The quantitative estimate of drug-likeness (QED) is 0.681. The van der Waals surface area contributed by atoms with E-state index in [0.29, 0.717) is 5.75 Å². The van der Waals surface area contributed by atoms with Crippen molar-refractivity contribution in [3.63, 3.8) is 0 Å². The first-order chi connectivity index (χ1) is 10.7. The molecular weight excluding hydrogens is 296 g/mol. The third kappa shape index (κ3) is 4.81. The van der Waals surface area contributed by atoms with Gasteiger partial charge in [0, 0.05) is 17.7 Å². The number of nitrogens with zero attached hydrogens (tertiary/aromatic N) is 1. The predicted octanol–water partition coefficient (Wildman–Crippen LogP) is 4.15. The average Bonchev–Trinajstić information content (AvgIpc) is 2.46. The molecule has 0 atom stereocenters. The largest absolute Gasteiger partial charge is 0.413 e. The standard InChI is InChI=1S/C17H18N2O4/c1-17(2,3)18-16(20)23-15-10-6-13(7-11-15)12-4-8-14(9-5-12)19(21)22/h4-11H,1-3H3,(H,18,20). The summed E-state index contributed by atoms with van der Waals surface area (Å²) in [4.78, 5) is 21.9. The van der Waals surface area contributed by atoms with Crippen LogP contribution in [0.15, 0.2) is 48.5 Å². The van der Waals surface area contributed by atoms with Gasteiger partial charge in [-0.15, -0.1) is 0 Å². The van der Waals surface area contributed by atoms with Gasteiger partial charge in [0.1, 0.15) is 5.75 Å². The van der Waals surface area contributed by atoms with Gasteiger partial charge < -0.3 is 10.1 Å². The summed E-state index contributed by atoms with van der Waals surface area (Å²) in [5, 5.41) is 13.4. The van der Waals surface area contributed by atoms with E-state index in [-0.39, 0.29) is 11.2 Å². The van der Waals surface area contributed by atoms with Crippen LogP contribution in [0, 0.1) is 10.1 Å². The van der Waals surface area contributed by atoms with Crippen LogP contribution in [-0.4, -0.2) is 16.6 Å². The SMILES string of the molecule is CC(C)(C)NC(=O)Oc1ccc(-c2ccc([N+](=O)[O-])cc2)cc1. The van der Waals surface area contributed by atoms with Crippen molar-refractivity contribution >= 4 is 11.8 Å². The number of non-ortho nitro benzene ring substituents is 1. The van der Waals surface area contributed by atoms with Gasteiger partial charge in [0.05, 0.1) is 4.92 Å². The zero-order valence-corrected chi connectivity index (χ0v) is 13.2. The summed E-state index contributed by atoms with van der Waals surface area (Å²) in [5.41, 5.74) is 1.41. The van der Waals surface area contributed by atoms with Crippen molar-refractivity contribution in [1.29, 1.82) is 0 Å². The number of hydrogen-bond acceptors (Lipinski definition) is 4. The highest BCUT2D eigenvalue weighted by Gasteiger charge is 2.15. The highest BCUT2D eigenvalue weighted by molar-refractivity contribution is 5.72. The summed E-state index contributed by atoms with van der Waals surface area (Å²) in [7, 11) is 0. The zero-order chi connectivity index (χ0) is 17.0. The Morgan fingerprint density at radius 2 is 1.48 bits per heavy atom. The van der Waals surface area contributed by atoms with Gasteiger partial charge in [0.25, 0.3) is 5.69 Å². The molecule has 23 heavy (non-hydrogen) atoms. The van der Waals surface area contributed by atoms with Crippen LogP contribution in [0.25, 0.3) is 11.1 Å². The molecule has 1 N–H and O–H groups in total. The third-order valence-corrected chi connectivity index (χ3v) is 2.95. The number of ether oxygens (including phenoxy) is 1. The molecule has 0 spiro atoms. The molecule has 6 heteroatoms. The maximum atomic E-state index is 11.7. The van der Waals surface area contributed by atoms with E-state index in [4.69, 9.17) is 4.74 Å². The molecule has 0 aromatic heterocycles. The lowest BCUT2D eigenvalue weighted by atomic mass is 10.1. The van der Waals surface area contributed by atoms with Gasteiger partial charge in [-0.3, -0.25) is 10.1 Å². The van der Waals surface area contributed by atoms with Gasteiger partial charge in [0.2, 0.25) is 0 Å². The minimum Gasteiger partial charge on any atom is -0.410 e. The summed E-state index contributed by atoms with van der Waals surface area (Å²) in [6.45, 7) is 5.60. The minimum absolute atomic E-state index is 0.0487.